The maximum Gasteiger partial charge on any atom is 0.411 e. The van der Waals surface area contributed by atoms with E-state index >= 15 is 0 Å². The number of urea groups is 1. The molecule has 2 aromatic carbocycles. The molecule has 3 N–H and O–H groups in total. The van der Waals surface area contributed by atoms with Crippen LogP contribution in [0.5, 0.6) is 0 Å². The number of benzene rings is 2. The minimum absolute atomic E-state index is 0.0151. The highest BCUT2D eigenvalue weighted by Gasteiger charge is 2.21. The van der Waals surface area contributed by atoms with E-state index in [1.165, 1.54) is 18.2 Å². The van der Waals surface area contributed by atoms with Gasteiger partial charge in [0.1, 0.15) is 0 Å². The molecule has 0 aliphatic heterocycles. The number of ether oxygens (including phenoxy) is 1. The SMILES string of the molecule is COC(=O)Nc1cccc(NC(=O)NC2CCCc3ccccc32)c1. The summed E-state index contributed by atoms with van der Waals surface area (Å²) in [6.45, 7) is 0. The fraction of sp³-hybridized carbons (Fsp3) is 0.263. The van der Waals surface area contributed by atoms with Gasteiger partial charge >= 0.3 is 12.1 Å². The average molecular weight is 339 g/mol. The first-order chi connectivity index (χ1) is 12.2. The predicted molar refractivity (Wildman–Crippen MR) is 96.7 cm³/mol. The van der Waals surface area contributed by atoms with Crippen molar-refractivity contribution in [1.82, 2.24) is 5.32 Å². The quantitative estimate of drug-likeness (QED) is 0.789. The molecule has 1 aliphatic carbocycles. The zero-order valence-electron chi connectivity index (χ0n) is 14.0. The van der Waals surface area contributed by atoms with Crippen molar-refractivity contribution in [1.29, 1.82) is 0 Å². The maximum absolute atomic E-state index is 12.3. The molecule has 6 nitrogen and oxygen atoms in total. The lowest BCUT2D eigenvalue weighted by molar-refractivity contribution is 0.187. The second-order valence-corrected chi connectivity index (χ2v) is 5.94. The number of amides is 3. The molecule has 0 fully saturated rings. The third kappa shape index (κ3) is 4.29. The van der Waals surface area contributed by atoms with Crippen LogP contribution in [0.1, 0.15) is 30.0 Å². The van der Waals surface area contributed by atoms with Gasteiger partial charge in [-0.25, -0.2) is 9.59 Å². The Morgan fingerprint density at radius 1 is 1.04 bits per heavy atom. The number of hydrogen-bond acceptors (Lipinski definition) is 3. The lowest BCUT2D eigenvalue weighted by Crippen LogP contribution is -2.34. The molecule has 0 aromatic heterocycles. The zero-order chi connectivity index (χ0) is 17.6. The van der Waals surface area contributed by atoms with Gasteiger partial charge in [-0.1, -0.05) is 30.3 Å². The van der Waals surface area contributed by atoms with E-state index in [0.29, 0.717) is 11.4 Å². The van der Waals surface area contributed by atoms with Gasteiger partial charge in [0.2, 0.25) is 0 Å². The second kappa shape index (κ2) is 7.70. The standard InChI is InChI=1S/C19H21N3O3/c1-25-19(24)21-15-9-5-8-14(12-15)20-18(23)22-17-11-4-7-13-6-2-3-10-16(13)17/h2-3,5-6,8-10,12,17H,4,7,11H2,1H3,(H,21,24)(H2,20,22,23). The van der Waals surface area contributed by atoms with E-state index in [1.54, 1.807) is 24.3 Å². The van der Waals surface area contributed by atoms with E-state index in [0.717, 1.165) is 19.3 Å². The topological polar surface area (TPSA) is 79.5 Å². The minimum Gasteiger partial charge on any atom is -0.453 e. The largest absolute Gasteiger partial charge is 0.453 e. The number of nitrogens with one attached hydrogen (secondary N) is 3. The molecule has 3 amide bonds. The van der Waals surface area contributed by atoms with E-state index < -0.39 is 6.09 Å². The van der Waals surface area contributed by atoms with Gasteiger partial charge in [-0.2, -0.15) is 0 Å². The summed E-state index contributed by atoms with van der Waals surface area (Å²) in [5.41, 5.74) is 3.62. The number of aryl methyl sites for hydroxylation is 1. The van der Waals surface area contributed by atoms with Crippen LogP contribution in [-0.2, 0) is 11.2 Å². The van der Waals surface area contributed by atoms with Crippen LogP contribution in [0.25, 0.3) is 0 Å². The Labute approximate surface area is 146 Å². The monoisotopic (exact) mass is 339 g/mol. The lowest BCUT2D eigenvalue weighted by atomic mass is 9.88. The van der Waals surface area contributed by atoms with Crippen LogP contribution in [0, 0.1) is 0 Å². The van der Waals surface area contributed by atoms with Gasteiger partial charge in [0, 0.05) is 11.4 Å². The van der Waals surface area contributed by atoms with Gasteiger partial charge in [0.05, 0.1) is 13.2 Å². The molecule has 3 rings (SSSR count). The molecular formula is C19H21N3O3. The van der Waals surface area contributed by atoms with Gasteiger partial charge < -0.3 is 15.4 Å². The Hall–Kier alpha value is -3.02. The first kappa shape index (κ1) is 16.8. The van der Waals surface area contributed by atoms with Crippen LogP contribution in [0.2, 0.25) is 0 Å². The molecule has 0 saturated carbocycles. The van der Waals surface area contributed by atoms with Crippen LogP contribution in [0.4, 0.5) is 21.0 Å². The predicted octanol–water partition coefficient (Wildman–Crippen LogP) is 4.06. The van der Waals surface area contributed by atoms with Gasteiger partial charge in [0.25, 0.3) is 0 Å². The Bertz CT molecular complexity index is 776. The van der Waals surface area contributed by atoms with E-state index in [-0.39, 0.29) is 12.1 Å². The van der Waals surface area contributed by atoms with E-state index in [9.17, 15) is 9.59 Å². The second-order valence-electron chi connectivity index (χ2n) is 5.94. The van der Waals surface area contributed by atoms with Gasteiger partial charge in [-0.15, -0.1) is 0 Å². The van der Waals surface area contributed by atoms with Crippen molar-refractivity contribution in [2.24, 2.45) is 0 Å². The van der Waals surface area contributed by atoms with Crippen molar-refractivity contribution >= 4 is 23.5 Å². The Balaban J connectivity index is 1.64. The van der Waals surface area contributed by atoms with Crippen LogP contribution < -0.4 is 16.0 Å². The fourth-order valence-corrected chi connectivity index (χ4v) is 3.07. The summed E-state index contributed by atoms with van der Waals surface area (Å²) in [5, 5.41) is 8.41. The normalized spacial score (nSPS) is 15.6. The molecule has 1 unspecified atom stereocenters. The zero-order valence-corrected chi connectivity index (χ0v) is 14.0. The molecular weight excluding hydrogens is 318 g/mol. The molecule has 0 spiro atoms. The maximum atomic E-state index is 12.3. The summed E-state index contributed by atoms with van der Waals surface area (Å²) in [5.74, 6) is 0. The molecule has 0 radical (unpaired) electrons. The Morgan fingerprint density at radius 2 is 1.80 bits per heavy atom. The minimum atomic E-state index is -0.555. The van der Waals surface area contributed by atoms with Gasteiger partial charge in [-0.05, 0) is 48.6 Å². The highest BCUT2D eigenvalue weighted by molar-refractivity contribution is 5.91. The number of anilines is 2. The van der Waals surface area contributed by atoms with Crippen LogP contribution in [0.3, 0.4) is 0 Å². The summed E-state index contributed by atoms with van der Waals surface area (Å²) in [7, 11) is 1.30. The van der Waals surface area contributed by atoms with Crippen molar-refractivity contribution in [2.75, 3.05) is 17.7 Å². The average Bonchev–Trinajstić information content (AvgIpc) is 2.62. The summed E-state index contributed by atoms with van der Waals surface area (Å²) < 4.78 is 4.56. The van der Waals surface area contributed by atoms with Gasteiger partial charge in [0.15, 0.2) is 0 Å². The molecule has 25 heavy (non-hydrogen) atoms. The smallest absolute Gasteiger partial charge is 0.411 e. The number of fused-ring (bicyclic) bond motifs is 1. The molecule has 0 saturated heterocycles. The van der Waals surface area contributed by atoms with Crippen molar-refractivity contribution in [3.63, 3.8) is 0 Å². The van der Waals surface area contributed by atoms with Crippen molar-refractivity contribution in [3.8, 4) is 0 Å². The van der Waals surface area contributed by atoms with E-state index in [2.05, 4.69) is 32.8 Å². The highest BCUT2D eigenvalue weighted by Crippen LogP contribution is 2.29. The molecule has 1 aliphatic rings. The first-order valence-corrected chi connectivity index (χ1v) is 8.26. The lowest BCUT2D eigenvalue weighted by Gasteiger charge is -2.26. The summed E-state index contributed by atoms with van der Waals surface area (Å²) in [6.07, 6.45) is 2.48. The Morgan fingerprint density at radius 3 is 2.60 bits per heavy atom. The van der Waals surface area contributed by atoms with E-state index in [4.69, 9.17) is 0 Å². The number of hydrogen-bond donors (Lipinski definition) is 3. The van der Waals surface area contributed by atoms with Crippen LogP contribution >= 0.6 is 0 Å². The third-order valence-electron chi connectivity index (χ3n) is 4.23. The third-order valence-corrected chi connectivity index (χ3v) is 4.23. The summed E-state index contributed by atoms with van der Waals surface area (Å²) >= 11 is 0. The molecule has 0 heterocycles. The number of carbonyl (C=O) groups excluding carboxylic acids is 2. The van der Waals surface area contributed by atoms with Crippen molar-refractivity contribution < 1.29 is 14.3 Å². The number of carbonyl (C=O) groups is 2. The van der Waals surface area contributed by atoms with Crippen molar-refractivity contribution in [3.05, 3.63) is 59.7 Å². The van der Waals surface area contributed by atoms with E-state index in [1.807, 2.05) is 12.1 Å². The summed E-state index contributed by atoms with van der Waals surface area (Å²) in [4.78, 5) is 23.6. The van der Waals surface area contributed by atoms with Crippen molar-refractivity contribution in [2.45, 2.75) is 25.3 Å². The summed E-state index contributed by atoms with van der Waals surface area (Å²) in [6, 6.07) is 14.9. The molecule has 1 atom stereocenters. The molecule has 2 aromatic rings. The fourth-order valence-electron chi connectivity index (χ4n) is 3.07. The van der Waals surface area contributed by atoms with Crippen LogP contribution in [-0.4, -0.2) is 19.2 Å². The highest BCUT2D eigenvalue weighted by atomic mass is 16.5. The van der Waals surface area contributed by atoms with Crippen LogP contribution in [0.15, 0.2) is 48.5 Å². The number of rotatable bonds is 3. The Kier molecular flexibility index (Phi) is 5.18. The molecule has 0 bridgehead atoms. The molecule has 6 heteroatoms. The van der Waals surface area contributed by atoms with Gasteiger partial charge in [-0.3, -0.25) is 5.32 Å². The molecule has 130 valence electrons. The number of methoxy groups -OCH3 is 1. The first-order valence-electron chi connectivity index (χ1n) is 8.26.